The molecule has 3 rings (SSSR count). The van der Waals surface area contributed by atoms with Gasteiger partial charge in [0.2, 0.25) is 5.91 Å². The van der Waals surface area contributed by atoms with E-state index in [0.29, 0.717) is 13.1 Å². The Morgan fingerprint density at radius 3 is 2.67 bits per heavy atom. The summed E-state index contributed by atoms with van der Waals surface area (Å²) in [6, 6.07) is 6.62. The largest absolute Gasteiger partial charge is 0.340 e. The van der Waals surface area contributed by atoms with Gasteiger partial charge in [-0.1, -0.05) is 12.1 Å². The van der Waals surface area contributed by atoms with E-state index in [1.807, 2.05) is 4.90 Å². The first kappa shape index (κ1) is 14.5. The van der Waals surface area contributed by atoms with Crippen LogP contribution in [-0.4, -0.2) is 47.4 Å². The van der Waals surface area contributed by atoms with Crippen LogP contribution >= 0.6 is 0 Å². The summed E-state index contributed by atoms with van der Waals surface area (Å²) in [5.41, 5.74) is 6.94. The van der Waals surface area contributed by atoms with Gasteiger partial charge in [-0.15, -0.1) is 0 Å². The summed E-state index contributed by atoms with van der Waals surface area (Å²) >= 11 is 0. The Labute approximate surface area is 124 Å². The summed E-state index contributed by atoms with van der Waals surface area (Å²) in [6.45, 7) is 3.09. The molecule has 2 N–H and O–H groups in total. The number of nitrogens with two attached hydrogens (primary N) is 1. The quantitative estimate of drug-likeness (QED) is 0.914. The van der Waals surface area contributed by atoms with Gasteiger partial charge in [-0.2, -0.15) is 0 Å². The Morgan fingerprint density at radius 1 is 1.24 bits per heavy atom. The molecule has 1 aromatic rings. The van der Waals surface area contributed by atoms with Crippen LogP contribution in [0.4, 0.5) is 4.39 Å². The fraction of sp³-hybridized carbons (Fsp3) is 0.562. The number of benzene rings is 1. The molecule has 0 bridgehead atoms. The predicted octanol–water partition coefficient (Wildman–Crippen LogP) is 1.35. The van der Waals surface area contributed by atoms with E-state index in [9.17, 15) is 9.18 Å². The molecule has 0 radical (unpaired) electrons. The molecule has 4 nitrogen and oxygen atoms in total. The first-order valence-electron chi connectivity index (χ1n) is 7.66. The lowest BCUT2D eigenvalue weighted by atomic mass is 10.1. The van der Waals surface area contributed by atoms with Crippen LogP contribution in [0.5, 0.6) is 0 Å². The number of nitrogens with zero attached hydrogens (tertiary/aromatic N) is 2. The molecule has 114 valence electrons. The zero-order valence-corrected chi connectivity index (χ0v) is 12.2. The van der Waals surface area contributed by atoms with Crippen LogP contribution in [0.1, 0.15) is 24.8 Å². The van der Waals surface area contributed by atoms with Crippen molar-refractivity contribution in [2.24, 2.45) is 5.73 Å². The highest BCUT2D eigenvalue weighted by Crippen LogP contribution is 2.23. The monoisotopic (exact) mass is 291 g/mol. The van der Waals surface area contributed by atoms with Crippen molar-refractivity contribution in [1.82, 2.24) is 9.80 Å². The lowest BCUT2D eigenvalue weighted by molar-refractivity contribution is -0.135. The second-order valence-corrected chi connectivity index (χ2v) is 6.09. The molecule has 1 amide bonds. The van der Waals surface area contributed by atoms with Gasteiger partial charge in [-0.05, 0) is 43.5 Å². The third-order valence-electron chi connectivity index (χ3n) is 4.48. The summed E-state index contributed by atoms with van der Waals surface area (Å²) < 4.78 is 13.0. The number of likely N-dealkylation sites (tertiary alicyclic amines) is 2. The molecule has 0 aliphatic carbocycles. The molecule has 21 heavy (non-hydrogen) atoms. The van der Waals surface area contributed by atoms with Gasteiger partial charge in [0.15, 0.2) is 0 Å². The minimum absolute atomic E-state index is 0.0413. The van der Waals surface area contributed by atoms with E-state index in [1.165, 1.54) is 12.1 Å². The van der Waals surface area contributed by atoms with Crippen LogP contribution in [0.15, 0.2) is 24.3 Å². The van der Waals surface area contributed by atoms with Crippen molar-refractivity contribution in [3.05, 3.63) is 35.6 Å². The third kappa shape index (κ3) is 3.24. The van der Waals surface area contributed by atoms with Crippen molar-refractivity contribution in [2.75, 3.05) is 19.6 Å². The Bertz CT molecular complexity index is 505. The second-order valence-electron chi connectivity index (χ2n) is 6.09. The zero-order chi connectivity index (χ0) is 14.8. The van der Waals surface area contributed by atoms with Crippen molar-refractivity contribution in [3.63, 3.8) is 0 Å². The summed E-state index contributed by atoms with van der Waals surface area (Å²) in [4.78, 5) is 16.7. The topological polar surface area (TPSA) is 49.6 Å². The Kier molecular flexibility index (Phi) is 4.22. The van der Waals surface area contributed by atoms with Crippen LogP contribution < -0.4 is 5.73 Å². The van der Waals surface area contributed by atoms with E-state index in [4.69, 9.17) is 5.73 Å². The van der Waals surface area contributed by atoms with E-state index < -0.39 is 0 Å². The normalized spacial score (nSPS) is 26.5. The number of hydrogen-bond acceptors (Lipinski definition) is 3. The fourth-order valence-electron chi connectivity index (χ4n) is 3.32. The van der Waals surface area contributed by atoms with Crippen molar-refractivity contribution >= 4 is 5.91 Å². The molecule has 0 spiro atoms. The molecule has 5 heteroatoms. The lowest BCUT2D eigenvalue weighted by Gasteiger charge is -2.27. The molecule has 1 aromatic carbocycles. The van der Waals surface area contributed by atoms with Crippen LogP contribution in [0.3, 0.4) is 0 Å². The Hall–Kier alpha value is -1.46. The number of rotatable bonds is 3. The molecule has 2 heterocycles. The van der Waals surface area contributed by atoms with Gasteiger partial charge in [0.25, 0.3) is 0 Å². The minimum Gasteiger partial charge on any atom is -0.340 e. The molecular formula is C16H22FN3O. The average Bonchev–Trinajstić information content (AvgIpc) is 3.10. The van der Waals surface area contributed by atoms with Crippen molar-refractivity contribution < 1.29 is 9.18 Å². The molecule has 2 aliphatic rings. The summed E-state index contributed by atoms with van der Waals surface area (Å²) in [7, 11) is 0. The van der Waals surface area contributed by atoms with E-state index in [0.717, 1.165) is 37.9 Å². The second kappa shape index (κ2) is 6.12. The smallest absolute Gasteiger partial charge is 0.239 e. The van der Waals surface area contributed by atoms with Gasteiger partial charge in [0.1, 0.15) is 5.82 Å². The number of amides is 1. The average molecular weight is 291 g/mol. The Morgan fingerprint density at radius 2 is 2.00 bits per heavy atom. The molecule has 2 saturated heterocycles. The van der Waals surface area contributed by atoms with Gasteiger partial charge >= 0.3 is 0 Å². The van der Waals surface area contributed by atoms with E-state index in [-0.39, 0.29) is 23.8 Å². The molecule has 0 saturated carbocycles. The number of carbonyl (C=O) groups is 1. The summed E-state index contributed by atoms with van der Waals surface area (Å²) in [6.07, 6.45) is 2.85. The van der Waals surface area contributed by atoms with Gasteiger partial charge < -0.3 is 10.6 Å². The highest BCUT2D eigenvalue weighted by molar-refractivity contribution is 5.82. The minimum atomic E-state index is -0.223. The van der Waals surface area contributed by atoms with Crippen molar-refractivity contribution in [1.29, 1.82) is 0 Å². The molecular weight excluding hydrogens is 269 g/mol. The predicted molar refractivity (Wildman–Crippen MR) is 79.0 cm³/mol. The van der Waals surface area contributed by atoms with Crippen LogP contribution in [0.25, 0.3) is 0 Å². The number of carbonyl (C=O) groups excluding carboxylic acids is 1. The third-order valence-corrected chi connectivity index (χ3v) is 4.48. The maximum atomic E-state index is 13.0. The first-order chi connectivity index (χ1) is 10.1. The number of hydrogen-bond donors (Lipinski definition) is 1. The maximum Gasteiger partial charge on any atom is 0.239 e. The maximum absolute atomic E-state index is 13.0. The first-order valence-corrected chi connectivity index (χ1v) is 7.66. The molecule has 0 aromatic heterocycles. The molecule has 2 atom stereocenters. The molecule has 2 fully saturated rings. The van der Waals surface area contributed by atoms with E-state index >= 15 is 0 Å². The molecule has 2 aliphatic heterocycles. The van der Waals surface area contributed by atoms with Gasteiger partial charge in [-0.25, -0.2) is 4.39 Å². The van der Waals surface area contributed by atoms with Gasteiger partial charge in [0.05, 0.1) is 6.04 Å². The van der Waals surface area contributed by atoms with Crippen LogP contribution in [-0.2, 0) is 11.3 Å². The lowest BCUT2D eigenvalue weighted by Crippen LogP contribution is -2.45. The van der Waals surface area contributed by atoms with Crippen molar-refractivity contribution in [3.8, 4) is 0 Å². The van der Waals surface area contributed by atoms with Gasteiger partial charge in [0, 0.05) is 25.7 Å². The summed E-state index contributed by atoms with van der Waals surface area (Å²) in [5.74, 6) is -0.0126. The Balaban J connectivity index is 1.65. The summed E-state index contributed by atoms with van der Waals surface area (Å²) in [5, 5.41) is 0. The van der Waals surface area contributed by atoms with Gasteiger partial charge in [-0.3, -0.25) is 9.69 Å². The highest BCUT2D eigenvalue weighted by atomic mass is 19.1. The van der Waals surface area contributed by atoms with Crippen molar-refractivity contribution in [2.45, 2.75) is 37.9 Å². The fourth-order valence-corrected chi connectivity index (χ4v) is 3.32. The van der Waals surface area contributed by atoms with E-state index in [1.54, 1.807) is 12.1 Å². The van der Waals surface area contributed by atoms with E-state index in [2.05, 4.69) is 4.90 Å². The molecule has 0 unspecified atom stereocenters. The zero-order valence-electron chi connectivity index (χ0n) is 12.2. The van der Waals surface area contributed by atoms with Crippen LogP contribution in [0, 0.1) is 5.82 Å². The highest BCUT2D eigenvalue weighted by Gasteiger charge is 2.35. The SMILES string of the molecule is N[C@@H]1CCN(C(=O)[C@@H]2CCCN2Cc2ccc(F)cc2)C1. The van der Waals surface area contributed by atoms with Crippen LogP contribution in [0.2, 0.25) is 0 Å². The number of halogens is 1. The standard InChI is InChI=1S/C16H22FN3O/c17-13-5-3-12(4-6-13)10-19-8-1-2-15(19)16(21)20-9-7-14(18)11-20/h3-6,14-15H,1-2,7-11,18H2/t14-,15+/m1/s1.